The van der Waals surface area contributed by atoms with Crippen LogP contribution in [0.3, 0.4) is 0 Å². The summed E-state index contributed by atoms with van der Waals surface area (Å²) in [5.41, 5.74) is 1.35. The van der Waals surface area contributed by atoms with E-state index < -0.39 is 0 Å². The summed E-state index contributed by atoms with van der Waals surface area (Å²) in [5.74, 6) is 0. The van der Waals surface area contributed by atoms with E-state index in [1.54, 1.807) is 0 Å². The van der Waals surface area contributed by atoms with Crippen LogP contribution in [0, 0.1) is 5.41 Å². The van der Waals surface area contributed by atoms with Crippen LogP contribution < -0.4 is 5.32 Å². The molecular formula is C16H24N4S. The number of fused-ring (bicyclic) bond motifs is 1. The van der Waals surface area contributed by atoms with E-state index in [9.17, 15) is 0 Å². The Kier molecular flexibility index (Phi) is 4.22. The summed E-state index contributed by atoms with van der Waals surface area (Å²) < 4.78 is 2.09. The minimum Gasteiger partial charge on any atom is -0.313 e. The van der Waals surface area contributed by atoms with Crippen LogP contribution in [0.15, 0.2) is 29.6 Å². The maximum Gasteiger partial charge on any atom is 0.195 e. The van der Waals surface area contributed by atoms with E-state index in [1.165, 1.54) is 19.3 Å². The predicted octanol–water partition coefficient (Wildman–Crippen LogP) is 3.38. The van der Waals surface area contributed by atoms with Gasteiger partial charge in [0.05, 0.1) is 0 Å². The van der Waals surface area contributed by atoms with Crippen molar-refractivity contribution in [2.75, 3.05) is 6.54 Å². The highest BCUT2D eigenvalue weighted by molar-refractivity contribution is 7.99. The van der Waals surface area contributed by atoms with E-state index in [-0.39, 0.29) is 0 Å². The first-order chi connectivity index (χ1) is 10.1. The molecule has 2 heterocycles. The minimum atomic E-state index is 0.421. The zero-order chi connectivity index (χ0) is 14.9. The normalized spacial score (nSPS) is 25.3. The Morgan fingerprint density at radius 2 is 2.24 bits per heavy atom. The third-order valence-corrected chi connectivity index (χ3v) is 5.63. The summed E-state index contributed by atoms with van der Waals surface area (Å²) >= 11 is 1.88. The fraction of sp³-hybridized carbons (Fsp3) is 0.625. The number of nitrogens with zero attached hydrogens (tertiary/aromatic N) is 3. The summed E-state index contributed by atoms with van der Waals surface area (Å²) in [5, 5.41) is 13.9. The molecule has 0 spiro atoms. The van der Waals surface area contributed by atoms with Gasteiger partial charge in [0.25, 0.3) is 0 Å². The van der Waals surface area contributed by atoms with Gasteiger partial charge in [0, 0.05) is 17.5 Å². The Morgan fingerprint density at radius 1 is 1.38 bits per heavy atom. The molecule has 0 aliphatic heterocycles. The van der Waals surface area contributed by atoms with Crippen molar-refractivity contribution >= 4 is 17.4 Å². The maximum atomic E-state index is 4.38. The van der Waals surface area contributed by atoms with Gasteiger partial charge in [0.1, 0.15) is 0 Å². The molecule has 21 heavy (non-hydrogen) atoms. The van der Waals surface area contributed by atoms with E-state index in [0.717, 1.165) is 17.3 Å². The fourth-order valence-electron chi connectivity index (χ4n) is 3.18. The highest BCUT2D eigenvalue weighted by atomic mass is 32.2. The van der Waals surface area contributed by atoms with Crippen LogP contribution in [0.4, 0.5) is 0 Å². The van der Waals surface area contributed by atoms with E-state index in [0.29, 0.717) is 16.7 Å². The van der Waals surface area contributed by atoms with Gasteiger partial charge < -0.3 is 5.32 Å². The molecule has 1 aliphatic rings. The van der Waals surface area contributed by atoms with E-state index in [2.05, 4.69) is 40.7 Å². The lowest BCUT2D eigenvalue weighted by atomic mass is 9.75. The van der Waals surface area contributed by atoms with Crippen molar-refractivity contribution in [2.45, 2.75) is 56.5 Å². The van der Waals surface area contributed by atoms with Crippen molar-refractivity contribution in [3.8, 4) is 0 Å². The van der Waals surface area contributed by atoms with Gasteiger partial charge in [-0.3, -0.25) is 4.40 Å². The molecule has 0 saturated heterocycles. The molecule has 3 rings (SSSR count). The first-order valence-electron chi connectivity index (χ1n) is 7.79. The van der Waals surface area contributed by atoms with Crippen LogP contribution in [0.5, 0.6) is 0 Å². The SMILES string of the molecule is CCNC1CCC(C)(C)CC1Sc1nnc2ccccn12. The van der Waals surface area contributed by atoms with Crippen molar-refractivity contribution in [3.05, 3.63) is 24.4 Å². The second-order valence-corrected chi connectivity index (χ2v) is 7.85. The highest BCUT2D eigenvalue weighted by Gasteiger charge is 2.35. The van der Waals surface area contributed by atoms with E-state index in [4.69, 9.17) is 0 Å². The predicted molar refractivity (Wildman–Crippen MR) is 87.7 cm³/mol. The number of thioether (sulfide) groups is 1. The Morgan fingerprint density at radius 3 is 3.05 bits per heavy atom. The third kappa shape index (κ3) is 3.24. The van der Waals surface area contributed by atoms with Gasteiger partial charge in [0.2, 0.25) is 0 Å². The van der Waals surface area contributed by atoms with Crippen LogP contribution in [-0.4, -0.2) is 32.4 Å². The molecule has 1 aliphatic carbocycles. The molecule has 1 fully saturated rings. The second-order valence-electron chi connectivity index (χ2n) is 6.64. The number of aromatic nitrogens is 3. The third-order valence-electron chi connectivity index (χ3n) is 4.34. The largest absolute Gasteiger partial charge is 0.313 e. The van der Waals surface area contributed by atoms with Crippen LogP contribution in [0.2, 0.25) is 0 Å². The highest BCUT2D eigenvalue weighted by Crippen LogP contribution is 2.42. The summed E-state index contributed by atoms with van der Waals surface area (Å²) in [4.78, 5) is 0. The van der Waals surface area contributed by atoms with Gasteiger partial charge >= 0.3 is 0 Å². The quantitative estimate of drug-likeness (QED) is 0.940. The molecule has 0 radical (unpaired) electrons. The maximum absolute atomic E-state index is 4.38. The number of rotatable bonds is 4. The number of nitrogens with one attached hydrogen (secondary N) is 1. The molecule has 0 bridgehead atoms. The standard InChI is InChI=1S/C16H24N4S/c1-4-17-12-8-9-16(2,3)11-13(12)21-15-19-18-14-7-5-6-10-20(14)15/h5-7,10,12-13,17H,4,8-9,11H2,1-3H3. The van der Waals surface area contributed by atoms with Gasteiger partial charge in [-0.1, -0.05) is 38.6 Å². The first kappa shape index (κ1) is 14.9. The van der Waals surface area contributed by atoms with Crippen molar-refractivity contribution in [3.63, 3.8) is 0 Å². The first-order valence-corrected chi connectivity index (χ1v) is 8.67. The van der Waals surface area contributed by atoms with Gasteiger partial charge in [-0.15, -0.1) is 10.2 Å². The lowest BCUT2D eigenvalue weighted by molar-refractivity contribution is 0.215. The van der Waals surface area contributed by atoms with Crippen LogP contribution >= 0.6 is 11.8 Å². The van der Waals surface area contributed by atoms with Crippen molar-refractivity contribution in [1.82, 2.24) is 19.9 Å². The molecule has 114 valence electrons. The second kappa shape index (κ2) is 5.97. The Labute approximate surface area is 130 Å². The smallest absolute Gasteiger partial charge is 0.195 e. The van der Waals surface area contributed by atoms with Crippen molar-refractivity contribution in [2.24, 2.45) is 5.41 Å². The molecular weight excluding hydrogens is 280 g/mol. The van der Waals surface area contributed by atoms with Crippen LogP contribution in [0.25, 0.3) is 5.65 Å². The molecule has 0 aromatic carbocycles. The number of pyridine rings is 1. The number of hydrogen-bond acceptors (Lipinski definition) is 4. The van der Waals surface area contributed by atoms with E-state index in [1.807, 2.05) is 36.2 Å². The van der Waals surface area contributed by atoms with Crippen LogP contribution in [-0.2, 0) is 0 Å². The summed E-state index contributed by atoms with van der Waals surface area (Å²) in [6, 6.07) is 6.62. The van der Waals surface area contributed by atoms with Gasteiger partial charge in [-0.25, -0.2) is 0 Å². The molecule has 0 amide bonds. The molecule has 2 atom stereocenters. The number of hydrogen-bond donors (Lipinski definition) is 1. The zero-order valence-electron chi connectivity index (χ0n) is 13.0. The lowest BCUT2D eigenvalue weighted by Gasteiger charge is -2.40. The van der Waals surface area contributed by atoms with E-state index >= 15 is 0 Å². The van der Waals surface area contributed by atoms with Crippen molar-refractivity contribution < 1.29 is 0 Å². The average Bonchev–Trinajstić information content (AvgIpc) is 2.85. The molecule has 1 N–H and O–H groups in total. The molecule has 4 nitrogen and oxygen atoms in total. The Bertz CT molecular complexity index is 607. The Hall–Kier alpha value is -1.07. The monoisotopic (exact) mass is 304 g/mol. The van der Waals surface area contributed by atoms with Crippen molar-refractivity contribution in [1.29, 1.82) is 0 Å². The topological polar surface area (TPSA) is 42.2 Å². The minimum absolute atomic E-state index is 0.421. The zero-order valence-corrected chi connectivity index (χ0v) is 13.9. The van der Waals surface area contributed by atoms with Crippen LogP contribution in [0.1, 0.15) is 40.0 Å². The van der Waals surface area contributed by atoms with Gasteiger partial charge in [-0.2, -0.15) is 0 Å². The summed E-state index contributed by atoms with van der Waals surface area (Å²) in [6.07, 6.45) is 5.81. The van der Waals surface area contributed by atoms with Gasteiger partial charge in [-0.05, 0) is 43.4 Å². The lowest BCUT2D eigenvalue weighted by Crippen LogP contribution is -2.44. The average molecular weight is 304 g/mol. The molecule has 2 aromatic heterocycles. The molecule has 2 unspecified atom stereocenters. The summed E-state index contributed by atoms with van der Waals surface area (Å²) in [7, 11) is 0. The molecule has 2 aromatic rings. The molecule has 5 heteroatoms. The Balaban J connectivity index is 1.83. The summed E-state index contributed by atoms with van der Waals surface area (Å²) in [6.45, 7) is 7.98. The van der Waals surface area contributed by atoms with Gasteiger partial charge in [0.15, 0.2) is 10.8 Å². The fourth-order valence-corrected chi connectivity index (χ4v) is 4.73. The molecule has 1 saturated carbocycles.